The first-order chi connectivity index (χ1) is 11.6. The number of nitrogens with one attached hydrogen (secondary N) is 1. The lowest BCUT2D eigenvalue weighted by Crippen LogP contribution is -2.33. The Morgan fingerprint density at radius 3 is 2.54 bits per heavy atom. The zero-order chi connectivity index (χ0) is 17.1. The maximum absolute atomic E-state index is 12.7. The van der Waals surface area contributed by atoms with E-state index >= 15 is 0 Å². The summed E-state index contributed by atoms with van der Waals surface area (Å²) in [5, 5.41) is 2.41. The molecule has 4 nitrogen and oxygen atoms in total. The van der Waals surface area contributed by atoms with Crippen LogP contribution in [0.1, 0.15) is 22.7 Å². The van der Waals surface area contributed by atoms with Crippen LogP contribution in [0.3, 0.4) is 0 Å². The summed E-state index contributed by atoms with van der Waals surface area (Å²) in [5.74, 6) is 0.153. The van der Waals surface area contributed by atoms with E-state index in [0.717, 1.165) is 23.3 Å². The number of hydrogen-bond donors (Lipinski definition) is 1. The molecule has 0 fully saturated rings. The molecule has 1 heterocycles. The lowest BCUT2D eigenvalue weighted by atomic mass is 9.96. The van der Waals surface area contributed by atoms with Crippen LogP contribution in [-0.4, -0.2) is 26.0 Å². The molecule has 3 rings (SSSR count). The molecule has 1 amide bonds. The third kappa shape index (κ3) is 3.32. The molecule has 1 atom stereocenters. The number of hydrogen-bond acceptors (Lipinski definition) is 3. The number of ether oxygens (including phenoxy) is 2. The van der Waals surface area contributed by atoms with E-state index in [-0.39, 0.29) is 0 Å². The van der Waals surface area contributed by atoms with E-state index in [2.05, 4.69) is 5.32 Å². The number of carbonyl (C=O) groups is 1. The largest absolute Gasteiger partial charge is 0.497 e. The minimum Gasteiger partial charge on any atom is -0.497 e. The van der Waals surface area contributed by atoms with Crippen LogP contribution < -0.4 is 14.8 Å². The van der Waals surface area contributed by atoms with E-state index in [9.17, 15) is 13.6 Å². The predicted octanol–water partition coefficient (Wildman–Crippen LogP) is 3.10. The van der Waals surface area contributed by atoms with Crippen LogP contribution in [0.25, 0.3) is 0 Å². The number of fused-ring (bicyclic) bond motifs is 1. The molecule has 1 aliphatic rings. The monoisotopic (exact) mass is 333 g/mol. The lowest BCUT2D eigenvalue weighted by molar-refractivity contribution is -0.132. The van der Waals surface area contributed by atoms with E-state index in [0.29, 0.717) is 17.9 Å². The normalized spacial score (nSPS) is 14.0. The van der Waals surface area contributed by atoms with Gasteiger partial charge in [0, 0.05) is 6.42 Å². The van der Waals surface area contributed by atoms with Gasteiger partial charge in [0.15, 0.2) is 0 Å². The highest BCUT2D eigenvalue weighted by atomic mass is 19.3. The zero-order valence-electron chi connectivity index (χ0n) is 13.1. The average molecular weight is 333 g/mol. The van der Waals surface area contributed by atoms with Crippen molar-refractivity contribution < 1.29 is 23.0 Å². The summed E-state index contributed by atoms with van der Waals surface area (Å²) >= 11 is 0. The highest BCUT2D eigenvalue weighted by Gasteiger charge is 2.24. The second-order valence-electron chi connectivity index (χ2n) is 5.48. The van der Waals surface area contributed by atoms with Crippen molar-refractivity contribution in [1.29, 1.82) is 0 Å². The van der Waals surface area contributed by atoms with Crippen molar-refractivity contribution >= 4 is 5.91 Å². The molecule has 126 valence electrons. The molecule has 0 spiro atoms. The Kier molecular flexibility index (Phi) is 4.64. The third-order valence-corrected chi connectivity index (χ3v) is 3.98. The molecular weight excluding hydrogens is 316 g/mol. The fourth-order valence-corrected chi connectivity index (χ4v) is 2.75. The van der Waals surface area contributed by atoms with Gasteiger partial charge in [-0.05, 0) is 41.0 Å². The first-order valence-electron chi connectivity index (χ1n) is 7.56. The molecule has 0 aliphatic carbocycles. The fraction of sp³-hybridized carbons (Fsp3) is 0.278. The second kappa shape index (κ2) is 6.86. The van der Waals surface area contributed by atoms with Crippen LogP contribution in [0.15, 0.2) is 42.5 Å². The Morgan fingerprint density at radius 1 is 1.17 bits per heavy atom. The topological polar surface area (TPSA) is 47.6 Å². The number of methoxy groups -OCH3 is 1. The maximum atomic E-state index is 12.7. The summed E-state index contributed by atoms with van der Waals surface area (Å²) < 4.78 is 36.0. The van der Waals surface area contributed by atoms with Crippen molar-refractivity contribution in [2.45, 2.75) is 18.9 Å². The summed E-state index contributed by atoms with van der Waals surface area (Å²) in [5.41, 5.74) is 2.44. The van der Waals surface area contributed by atoms with Crippen molar-refractivity contribution in [1.82, 2.24) is 5.32 Å². The number of alkyl halides is 2. The van der Waals surface area contributed by atoms with E-state index in [4.69, 9.17) is 9.47 Å². The number of amides is 1. The van der Waals surface area contributed by atoms with Crippen molar-refractivity contribution in [3.8, 4) is 11.5 Å². The average Bonchev–Trinajstić information content (AvgIpc) is 3.07. The standard InChI is InChI=1S/C18H17F2NO3/c1-23-14-5-2-11(3-6-14)16(21-18(22)17(19)20)13-4-7-15-12(10-13)8-9-24-15/h2-7,10,16-17H,8-9H2,1H3,(H,21,22)/t16-/m0/s1. The molecule has 1 N–H and O–H groups in total. The van der Waals surface area contributed by atoms with Gasteiger partial charge in [0.05, 0.1) is 19.8 Å². The summed E-state index contributed by atoms with van der Waals surface area (Å²) in [4.78, 5) is 11.5. The number of benzene rings is 2. The Balaban J connectivity index is 1.96. The van der Waals surface area contributed by atoms with Crippen LogP contribution in [0, 0.1) is 0 Å². The number of halogens is 2. The van der Waals surface area contributed by atoms with Crippen LogP contribution in [0.4, 0.5) is 8.78 Å². The van der Waals surface area contributed by atoms with Gasteiger partial charge in [0.2, 0.25) is 0 Å². The van der Waals surface area contributed by atoms with E-state index < -0.39 is 18.4 Å². The third-order valence-electron chi connectivity index (χ3n) is 3.98. The number of carbonyl (C=O) groups excluding carboxylic acids is 1. The minimum atomic E-state index is -3.07. The van der Waals surface area contributed by atoms with Gasteiger partial charge in [-0.25, -0.2) is 0 Å². The van der Waals surface area contributed by atoms with E-state index in [1.165, 1.54) is 0 Å². The lowest BCUT2D eigenvalue weighted by Gasteiger charge is -2.20. The summed E-state index contributed by atoms with van der Waals surface area (Å²) in [6, 6.07) is 11.8. The van der Waals surface area contributed by atoms with Crippen molar-refractivity contribution in [3.63, 3.8) is 0 Å². The van der Waals surface area contributed by atoms with Crippen molar-refractivity contribution in [3.05, 3.63) is 59.2 Å². The van der Waals surface area contributed by atoms with Gasteiger partial charge in [-0.2, -0.15) is 8.78 Å². The minimum absolute atomic E-state index is 0.607. The van der Waals surface area contributed by atoms with Gasteiger partial charge >= 0.3 is 6.43 Å². The maximum Gasteiger partial charge on any atom is 0.315 e. The molecule has 0 saturated carbocycles. The summed E-state index contributed by atoms with van der Waals surface area (Å²) in [6.07, 6.45) is -2.30. The summed E-state index contributed by atoms with van der Waals surface area (Å²) in [7, 11) is 1.55. The number of rotatable bonds is 5. The van der Waals surface area contributed by atoms with Gasteiger partial charge < -0.3 is 14.8 Å². The van der Waals surface area contributed by atoms with Gasteiger partial charge in [-0.1, -0.05) is 18.2 Å². The second-order valence-corrected chi connectivity index (χ2v) is 5.48. The molecule has 1 aliphatic heterocycles. The molecule has 0 unspecified atom stereocenters. The van der Waals surface area contributed by atoms with Crippen LogP contribution in [0.2, 0.25) is 0 Å². The summed E-state index contributed by atoms with van der Waals surface area (Å²) in [6.45, 7) is 0.607. The van der Waals surface area contributed by atoms with Gasteiger partial charge in [-0.15, -0.1) is 0 Å². The smallest absolute Gasteiger partial charge is 0.315 e. The Labute approximate surface area is 138 Å². The van der Waals surface area contributed by atoms with Gasteiger partial charge in [0.25, 0.3) is 5.91 Å². The highest BCUT2D eigenvalue weighted by molar-refractivity contribution is 5.80. The Hall–Kier alpha value is -2.63. The highest BCUT2D eigenvalue weighted by Crippen LogP contribution is 2.31. The predicted molar refractivity (Wildman–Crippen MR) is 84.6 cm³/mol. The van der Waals surface area contributed by atoms with Crippen molar-refractivity contribution in [2.75, 3.05) is 13.7 Å². The first-order valence-corrected chi connectivity index (χ1v) is 7.56. The SMILES string of the molecule is COc1ccc([C@H](NC(=O)C(F)F)c2ccc3c(c2)CCO3)cc1. The van der Waals surface area contributed by atoms with Crippen LogP contribution >= 0.6 is 0 Å². The first kappa shape index (κ1) is 16.2. The molecular formula is C18H17F2NO3. The van der Waals surface area contributed by atoms with E-state index in [1.54, 1.807) is 37.4 Å². The van der Waals surface area contributed by atoms with E-state index in [1.807, 2.05) is 12.1 Å². The molecule has 0 saturated heterocycles. The van der Waals surface area contributed by atoms with Crippen LogP contribution in [-0.2, 0) is 11.2 Å². The van der Waals surface area contributed by atoms with Crippen molar-refractivity contribution in [2.24, 2.45) is 0 Å². The molecule has 24 heavy (non-hydrogen) atoms. The molecule has 0 aromatic heterocycles. The van der Waals surface area contributed by atoms with Crippen LogP contribution in [0.5, 0.6) is 11.5 Å². The van der Waals surface area contributed by atoms with Gasteiger partial charge in [-0.3, -0.25) is 4.79 Å². The Morgan fingerprint density at radius 2 is 1.88 bits per heavy atom. The molecule has 6 heteroatoms. The molecule has 2 aromatic carbocycles. The quantitative estimate of drug-likeness (QED) is 0.915. The Bertz CT molecular complexity index is 732. The van der Waals surface area contributed by atoms with Gasteiger partial charge in [0.1, 0.15) is 11.5 Å². The molecule has 0 radical (unpaired) electrons. The zero-order valence-corrected chi connectivity index (χ0v) is 13.1. The molecule has 2 aromatic rings. The fourth-order valence-electron chi connectivity index (χ4n) is 2.75. The molecule has 0 bridgehead atoms.